The minimum absolute atomic E-state index is 0.0198. The lowest BCUT2D eigenvalue weighted by Gasteiger charge is -2.33. The molecule has 7 nitrogen and oxygen atoms in total. The quantitative estimate of drug-likeness (QED) is 0.818. The molecule has 126 valence electrons. The van der Waals surface area contributed by atoms with Crippen molar-refractivity contribution in [1.29, 1.82) is 0 Å². The molecule has 0 radical (unpaired) electrons. The lowest BCUT2D eigenvalue weighted by Crippen LogP contribution is -2.47. The van der Waals surface area contributed by atoms with Gasteiger partial charge >= 0.3 is 0 Å². The molecule has 3 rings (SSSR count). The maximum Gasteiger partial charge on any atom is 0.242 e. The Labute approximate surface area is 135 Å². The molecule has 0 aromatic carbocycles. The van der Waals surface area contributed by atoms with Crippen molar-refractivity contribution in [3.8, 4) is 0 Å². The highest BCUT2D eigenvalue weighted by atomic mass is 16.5. The predicted octanol–water partition coefficient (Wildman–Crippen LogP) is 0.356. The monoisotopic (exact) mass is 321 g/mol. The molecule has 2 amide bonds. The van der Waals surface area contributed by atoms with Crippen molar-refractivity contribution in [2.45, 2.75) is 31.8 Å². The molecule has 3 heterocycles. The maximum absolute atomic E-state index is 12.2. The zero-order chi connectivity index (χ0) is 16.2. The van der Waals surface area contributed by atoms with Gasteiger partial charge in [-0.2, -0.15) is 0 Å². The van der Waals surface area contributed by atoms with Crippen LogP contribution in [0.2, 0.25) is 0 Å². The molecule has 1 aromatic rings. The predicted molar refractivity (Wildman–Crippen MR) is 82.8 cm³/mol. The van der Waals surface area contributed by atoms with Gasteiger partial charge in [0.15, 0.2) is 0 Å². The van der Waals surface area contributed by atoms with Gasteiger partial charge in [0.25, 0.3) is 0 Å². The summed E-state index contributed by atoms with van der Waals surface area (Å²) in [7, 11) is 0. The van der Waals surface area contributed by atoms with E-state index in [0.29, 0.717) is 32.6 Å². The number of aryl methyl sites for hydroxylation is 1. The van der Waals surface area contributed by atoms with Crippen molar-refractivity contribution >= 4 is 11.8 Å². The van der Waals surface area contributed by atoms with E-state index in [2.05, 4.69) is 15.5 Å². The van der Waals surface area contributed by atoms with E-state index in [9.17, 15) is 9.59 Å². The summed E-state index contributed by atoms with van der Waals surface area (Å²) in [5.74, 6) is 1.52. The minimum atomic E-state index is -0.411. The Bertz CT molecular complexity index is 565. The van der Waals surface area contributed by atoms with Crippen molar-refractivity contribution in [1.82, 2.24) is 15.5 Å². The second-order valence-corrected chi connectivity index (χ2v) is 6.02. The van der Waals surface area contributed by atoms with E-state index in [1.54, 1.807) is 0 Å². The summed E-state index contributed by atoms with van der Waals surface area (Å²) >= 11 is 0. The number of hydrogen-bond acceptors (Lipinski definition) is 5. The molecule has 2 aliphatic rings. The summed E-state index contributed by atoms with van der Waals surface area (Å²) in [6.45, 7) is 5.34. The van der Waals surface area contributed by atoms with E-state index >= 15 is 0 Å². The molecule has 7 heteroatoms. The van der Waals surface area contributed by atoms with Crippen LogP contribution in [0.15, 0.2) is 16.5 Å². The van der Waals surface area contributed by atoms with Gasteiger partial charge in [-0.05, 0) is 25.5 Å². The van der Waals surface area contributed by atoms with E-state index in [1.165, 1.54) is 0 Å². The van der Waals surface area contributed by atoms with Gasteiger partial charge in [0, 0.05) is 26.1 Å². The number of carbonyl (C=O) groups is 2. The highest BCUT2D eigenvalue weighted by molar-refractivity contribution is 5.90. The Balaban J connectivity index is 1.63. The number of ether oxygens (including phenoxy) is 1. The molecule has 2 saturated heterocycles. The summed E-state index contributed by atoms with van der Waals surface area (Å²) in [5.41, 5.74) is 0. The third kappa shape index (κ3) is 3.92. The largest absolute Gasteiger partial charge is 0.465 e. The van der Waals surface area contributed by atoms with Crippen LogP contribution in [0.5, 0.6) is 0 Å². The van der Waals surface area contributed by atoms with Crippen LogP contribution in [-0.2, 0) is 14.3 Å². The first kappa shape index (κ1) is 16.0. The van der Waals surface area contributed by atoms with E-state index < -0.39 is 6.04 Å². The van der Waals surface area contributed by atoms with Gasteiger partial charge in [-0.15, -0.1) is 0 Å². The number of morpholine rings is 1. The minimum Gasteiger partial charge on any atom is -0.465 e. The van der Waals surface area contributed by atoms with Gasteiger partial charge in [-0.25, -0.2) is 0 Å². The summed E-state index contributed by atoms with van der Waals surface area (Å²) in [4.78, 5) is 25.7. The Hall–Kier alpha value is -1.86. The highest BCUT2D eigenvalue weighted by Crippen LogP contribution is 2.23. The second-order valence-electron chi connectivity index (χ2n) is 6.02. The molecule has 2 fully saturated rings. The maximum atomic E-state index is 12.2. The SMILES string of the molecule is Cc1ccc([C@H](CNC(=O)[C@H]2CCC(=O)N2)N2CCOCC2)o1. The molecular formula is C16H23N3O4. The van der Waals surface area contributed by atoms with Crippen LogP contribution in [0.25, 0.3) is 0 Å². The van der Waals surface area contributed by atoms with Crippen LogP contribution in [-0.4, -0.2) is 55.6 Å². The molecule has 2 aliphatic heterocycles. The van der Waals surface area contributed by atoms with Crippen LogP contribution in [0.1, 0.15) is 30.4 Å². The van der Waals surface area contributed by atoms with Crippen molar-refractivity contribution < 1.29 is 18.7 Å². The van der Waals surface area contributed by atoms with Crippen LogP contribution in [0.3, 0.4) is 0 Å². The molecule has 23 heavy (non-hydrogen) atoms. The summed E-state index contributed by atoms with van der Waals surface area (Å²) in [6.07, 6.45) is 0.981. The van der Waals surface area contributed by atoms with E-state index in [4.69, 9.17) is 9.15 Å². The van der Waals surface area contributed by atoms with Crippen molar-refractivity contribution in [2.75, 3.05) is 32.8 Å². The summed E-state index contributed by atoms with van der Waals surface area (Å²) < 4.78 is 11.2. The number of amides is 2. The van der Waals surface area contributed by atoms with E-state index in [0.717, 1.165) is 24.6 Å². The zero-order valence-corrected chi connectivity index (χ0v) is 13.3. The lowest BCUT2D eigenvalue weighted by molar-refractivity contribution is -0.126. The number of nitrogens with one attached hydrogen (secondary N) is 2. The number of nitrogens with zero attached hydrogens (tertiary/aromatic N) is 1. The fourth-order valence-electron chi connectivity index (χ4n) is 3.06. The normalized spacial score (nSPS) is 23.5. The average Bonchev–Trinajstić information content (AvgIpc) is 3.17. The van der Waals surface area contributed by atoms with Crippen LogP contribution in [0, 0.1) is 6.92 Å². The van der Waals surface area contributed by atoms with Gasteiger partial charge < -0.3 is 19.8 Å². The van der Waals surface area contributed by atoms with Gasteiger partial charge in [0.2, 0.25) is 11.8 Å². The van der Waals surface area contributed by atoms with Gasteiger partial charge in [-0.1, -0.05) is 0 Å². The molecular weight excluding hydrogens is 298 g/mol. The van der Waals surface area contributed by atoms with Crippen LogP contribution >= 0.6 is 0 Å². The Kier molecular flexibility index (Phi) is 4.97. The fraction of sp³-hybridized carbons (Fsp3) is 0.625. The van der Waals surface area contributed by atoms with Crippen molar-refractivity contribution in [3.05, 3.63) is 23.7 Å². The van der Waals surface area contributed by atoms with Gasteiger partial charge in [-0.3, -0.25) is 14.5 Å². The third-order valence-corrected chi connectivity index (χ3v) is 4.36. The molecule has 1 aromatic heterocycles. The summed E-state index contributed by atoms with van der Waals surface area (Å²) in [5, 5.41) is 5.65. The smallest absolute Gasteiger partial charge is 0.242 e. The molecule has 2 N–H and O–H groups in total. The average molecular weight is 321 g/mol. The molecule has 0 unspecified atom stereocenters. The van der Waals surface area contributed by atoms with Crippen molar-refractivity contribution in [2.24, 2.45) is 0 Å². The van der Waals surface area contributed by atoms with E-state index in [-0.39, 0.29) is 17.9 Å². The standard InChI is InChI=1S/C16H23N3O4/c1-11-2-4-14(23-11)13(19-6-8-22-9-7-19)10-17-16(21)12-3-5-15(20)18-12/h2,4,12-13H,3,5-10H2,1H3,(H,17,21)(H,18,20)/t12-,13+/m1/s1. The topological polar surface area (TPSA) is 83.8 Å². The second kappa shape index (κ2) is 7.14. The molecule has 2 atom stereocenters. The lowest BCUT2D eigenvalue weighted by atomic mass is 10.1. The summed E-state index contributed by atoms with van der Waals surface area (Å²) in [6, 6.07) is 3.46. The van der Waals surface area contributed by atoms with E-state index in [1.807, 2.05) is 19.1 Å². The number of carbonyl (C=O) groups excluding carboxylic acids is 2. The Morgan fingerprint density at radius 2 is 2.22 bits per heavy atom. The molecule has 0 saturated carbocycles. The van der Waals surface area contributed by atoms with Gasteiger partial charge in [0.1, 0.15) is 17.6 Å². The fourth-order valence-corrected chi connectivity index (χ4v) is 3.06. The molecule has 0 aliphatic carbocycles. The molecule has 0 spiro atoms. The Morgan fingerprint density at radius 3 is 2.83 bits per heavy atom. The zero-order valence-electron chi connectivity index (χ0n) is 13.3. The number of rotatable bonds is 5. The first-order valence-corrected chi connectivity index (χ1v) is 8.08. The molecule has 0 bridgehead atoms. The van der Waals surface area contributed by atoms with Crippen LogP contribution in [0.4, 0.5) is 0 Å². The first-order valence-electron chi connectivity index (χ1n) is 8.08. The van der Waals surface area contributed by atoms with Crippen molar-refractivity contribution in [3.63, 3.8) is 0 Å². The third-order valence-electron chi connectivity index (χ3n) is 4.36. The van der Waals surface area contributed by atoms with Gasteiger partial charge in [0.05, 0.1) is 19.3 Å². The van der Waals surface area contributed by atoms with Crippen LogP contribution < -0.4 is 10.6 Å². The first-order chi connectivity index (χ1) is 11.1. The number of hydrogen-bond donors (Lipinski definition) is 2. The number of furan rings is 1. The Morgan fingerprint density at radius 1 is 1.43 bits per heavy atom. The highest BCUT2D eigenvalue weighted by Gasteiger charge is 2.30.